The Balaban J connectivity index is 1.66. The first-order valence-electron chi connectivity index (χ1n) is 9.56. The molecule has 0 unspecified atom stereocenters. The fourth-order valence-electron chi connectivity index (χ4n) is 4.11. The average Bonchev–Trinajstić information content (AvgIpc) is 3.00. The van der Waals surface area contributed by atoms with E-state index in [1.807, 2.05) is 19.9 Å². The van der Waals surface area contributed by atoms with Gasteiger partial charge in [0.1, 0.15) is 22.1 Å². The summed E-state index contributed by atoms with van der Waals surface area (Å²) in [6, 6.07) is 13.4. The minimum Gasteiger partial charge on any atom is -0.483 e. The number of fused-ring (bicyclic) bond motifs is 1. The smallest absolute Gasteiger partial charge is 0.247 e. The minimum absolute atomic E-state index is 0.183. The van der Waals surface area contributed by atoms with Crippen molar-refractivity contribution in [3.63, 3.8) is 0 Å². The maximum Gasteiger partial charge on any atom is 0.247 e. The molecule has 7 heteroatoms. The standard InChI is InChI=1S/C21H25FN2O3S/c1-16(2)24-15-21(27-19-9-5-6-10-20(19)28(24,25)26)11-12-23(14-21)13-17-7-3-4-8-18(17)22/h3-10,16H,11-15H2,1-2H3/t21-/m1/s1. The highest BCUT2D eigenvalue weighted by Crippen LogP contribution is 2.39. The van der Waals surface area contributed by atoms with Gasteiger partial charge in [0.2, 0.25) is 10.0 Å². The number of nitrogens with zero attached hydrogens (tertiary/aromatic N) is 2. The van der Waals surface area contributed by atoms with E-state index in [0.29, 0.717) is 30.8 Å². The van der Waals surface area contributed by atoms with Crippen LogP contribution in [0, 0.1) is 5.82 Å². The number of sulfonamides is 1. The van der Waals surface area contributed by atoms with Crippen molar-refractivity contribution in [3.8, 4) is 5.75 Å². The highest BCUT2D eigenvalue weighted by Gasteiger charge is 2.48. The monoisotopic (exact) mass is 404 g/mol. The lowest BCUT2D eigenvalue weighted by Gasteiger charge is -2.33. The van der Waals surface area contributed by atoms with Crippen LogP contribution >= 0.6 is 0 Å². The van der Waals surface area contributed by atoms with E-state index in [4.69, 9.17) is 4.74 Å². The maximum absolute atomic E-state index is 14.1. The van der Waals surface area contributed by atoms with Crippen LogP contribution in [0.15, 0.2) is 53.4 Å². The summed E-state index contributed by atoms with van der Waals surface area (Å²) in [7, 11) is -3.64. The van der Waals surface area contributed by atoms with Crippen molar-refractivity contribution in [2.75, 3.05) is 19.6 Å². The predicted octanol–water partition coefficient (Wildman–Crippen LogP) is 3.26. The predicted molar refractivity (Wildman–Crippen MR) is 105 cm³/mol. The zero-order chi connectivity index (χ0) is 19.9. The zero-order valence-electron chi connectivity index (χ0n) is 16.1. The maximum atomic E-state index is 14.1. The van der Waals surface area contributed by atoms with Gasteiger partial charge in [0.25, 0.3) is 0 Å². The van der Waals surface area contributed by atoms with Crippen LogP contribution in [-0.2, 0) is 16.6 Å². The molecule has 2 heterocycles. The Morgan fingerprint density at radius 1 is 1.11 bits per heavy atom. The van der Waals surface area contributed by atoms with Gasteiger partial charge in [-0.2, -0.15) is 4.31 Å². The fraction of sp³-hybridized carbons (Fsp3) is 0.429. The average molecular weight is 405 g/mol. The molecule has 0 saturated carbocycles. The molecule has 0 N–H and O–H groups in total. The lowest BCUT2D eigenvalue weighted by Crippen LogP contribution is -2.51. The lowest BCUT2D eigenvalue weighted by molar-refractivity contribution is 0.0531. The van der Waals surface area contributed by atoms with Crippen molar-refractivity contribution in [1.82, 2.24) is 9.21 Å². The molecule has 1 atom stereocenters. The van der Waals surface area contributed by atoms with Crippen LogP contribution < -0.4 is 4.74 Å². The Kier molecular flexibility index (Phi) is 4.93. The summed E-state index contributed by atoms with van der Waals surface area (Å²) < 4.78 is 48.4. The van der Waals surface area contributed by atoms with E-state index in [1.54, 1.807) is 36.4 Å². The second-order valence-corrected chi connectivity index (χ2v) is 9.79. The zero-order valence-corrected chi connectivity index (χ0v) is 17.0. The van der Waals surface area contributed by atoms with E-state index >= 15 is 0 Å². The van der Waals surface area contributed by atoms with Crippen molar-refractivity contribution in [1.29, 1.82) is 0 Å². The molecule has 1 saturated heterocycles. The van der Waals surface area contributed by atoms with Gasteiger partial charge in [-0.1, -0.05) is 30.3 Å². The van der Waals surface area contributed by atoms with Gasteiger partial charge in [-0.3, -0.25) is 4.90 Å². The number of rotatable bonds is 3. The van der Waals surface area contributed by atoms with Gasteiger partial charge in [-0.25, -0.2) is 12.8 Å². The third kappa shape index (κ3) is 3.43. The Morgan fingerprint density at radius 3 is 2.57 bits per heavy atom. The van der Waals surface area contributed by atoms with E-state index in [-0.39, 0.29) is 23.3 Å². The third-order valence-corrected chi connectivity index (χ3v) is 7.59. The molecule has 5 nitrogen and oxygen atoms in total. The van der Waals surface area contributed by atoms with Crippen molar-refractivity contribution in [3.05, 3.63) is 59.9 Å². The van der Waals surface area contributed by atoms with Crippen molar-refractivity contribution >= 4 is 10.0 Å². The molecular weight excluding hydrogens is 379 g/mol. The number of benzene rings is 2. The molecule has 2 aliphatic rings. The number of hydrogen-bond acceptors (Lipinski definition) is 4. The number of ether oxygens (including phenoxy) is 1. The Hall–Kier alpha value is -1.96. The Labute approximate surface area is 165 Å². The molecule has 2 aliphatic heterocycles. The highest BCUT2D eigenvalue weighted by atomic mass is 32.2. The molecule has 0 radical (unpaired) electrons. The second-order valence-electron chi connectivity index (χ2n) is 7.93. The van der Waals surface area contributed by atoms with Gasteiger partial charge < -0.3 is 4.74 Å². The number of halogens is 1. The lowest BCUT2D eigenvalue weighted by atomic mass is 10.0. The van der Waals surface area contributed by atoms with Gasteiger partial charge in [0, 0.05) is 37.7 Å². The number of likely N-dealkylation sites (tertiary alicyclic amines) is 1. The summed E-state index contributed by atoms with van der Waals surface area (Å²) in [6.45, 7) is 5.80. The van der Waals surface area contributed by atoms with Crippen LogP contribution in [0.25, 0.3) is 0 Å². The molecule has 28 heavy (non-hydrogen) atoms. The van der Waals surface area contributed by atoms with Gasteiger partial charge >= 0.3 is 0 Å². The van der Waals surface area contributed by atoms with Crippen molar-refractivity contribution in [2.45, 2.75) is 43.4 Å². The van der Waals surface area contributed by atoms with Gasteiger partial charge in [-0.05, 0) is 32.0 Å². The van der Waals surface area contributed by atoms with Crippen LogP contribution in [-0.4, -0.2) is 48.9 Å². The quantitative estimate of drug-likeness (QED) is 0.788. The van der Waals surface area contributed by atoms with Crippen LogP contribution in [0.4, 0.5) is 4.39 Å². The molecule has 0 aliphatic carbocycles. The van der Waals surface area contributed by atoms with Crippen LogP contribution in [0.2, 0.25) is 0 Å². The molecule has 2 aromatic carbocycles. The summed E-state index contributed by atoms with van der Waals surface area (Å²) in [5.74, 6) is 0.181. The first kappa shape index (κ1) is 19.4. The van der Waals surface area contributed by atoms with Crippen LogP contribution in [0.3, 0.4) is 0 Å². The van der Waals surface area contributed by atoms with Gasteiger partial charge in [0.05, 0.1) is 6.54 Å². The van der Waals surface area contributed by atoms with Gasteiger partial charge in [0.15, 0.2) is 0 Å². The fourth-order valence-corrected chi connectivity index (χ4v) is 5.94. The molecule has 0 aromatic heterocycles. The Bertz CT molecular complexity index is 979. The first-order chi connectivity index (χ1) is 13.3. The largest absolute Gasteiger partial charge is 0.483 e. The minimum atomic E-state index is -3.64. The van der Waals surface area contributed by atoms with Crippen LogP contribution in [0.1, 0.15) is 25.8 Å². The molecule has 1 spiro atoms. The molecular formula is C21H25FN2O3S. The second kappa shape index (κ2) is 7.13. The highest BCUT2D eigenvalue weighted by molar-refractivity contribution is 7.89. The summed E-state index contributed by atoms with van der Waals surface area (Å²) in [4.78, 5) is 2.35. The molecule has 2 aromatic rings. The summed E-state index contributed by atoms with van der Waals surface area (Å²) in [6.07, 6.45) is 0.689. The number of para-hydroxylation sites is 1. The molecule has 4 rings (SSSR count). The topological polar surface area (TPSA) is 49.9 Å². The number of hydrogen-bond donors (Lipinski definition) is 0. The summed E-state index contributed by atoms with van der Waals surface area (Å²) in [5.41, 5.74) is -0.00299. The van der Waals surface area contributed by atoms with E-state index < -0.39 is 15.6 Å². The molecule has 0 bridgehead atoms. The Morgan fingerprint density at radius 2 is 1.82 bits per heavy atom. The van der Waals surface area contributed by atoms with Crippen molar-refractivity contribution in [2.24, 2.45) is 0 Å². The van der Waals surface area contributed by atoms with E-state index in [1.165, 1.54) is 10.4 Å². The normalized spacial score (nSPS) is 24.9. The van der Waals surface area contributed by atoms with Crippen molar-refractivity contribution < 1.29 is 17.5 Å². The first-order valence-corrected chi connectivity index (χ1v) is 11.0. The summed E-state index contributed by atoms with van der Waals surface area (Å²) >= 11 is 0. The van der Waals surface area contributed by atoms with E-state index in [0.717, 1.165) is 6.54 Å². The molecule has 0 amide bonds. The molecule has 1 fully saturated rings. The molecule has 150 valence electrons. The van der Waals surface area contributed by atoms with E-state index in [9.17, 15) is 12.8 Å². The third-order valence-electron chi connectivity index (χ3n) is 5.53. The SMILES string of the molecule is CC(C)N1C[C@]2(CCN(Cc3ccccc3F)C2)Oc2ccccc2S1(=O)=O. The summed E-state index contributed by atoms with van der Waals surface area (Å²) in [5, 5.41) is 0. The van der Waals surface area contributed by atoms with Crippen LogP contribution in [0.5, 0.6) is 5.75 Å². The van der Waals surface area contributed by atoms with Gasteiger partial charge in [-0.15, -0.1) is 0 Å². The van der Waals surface area contributed by atoms with E-state index in [2.05, 4.69) is 4.90 Å².